The minimum absolute atomic E-state index is 0.110. The molecular formula is C26H26O2. The summed E-state index contributed by atoms with van der Waals surface area (Å²) in [5, 5.41) is 0. The SMILES string of the molecule is CC[C@H](c1ccccc1)C(C(=O)c1ccc(C)cc1)C(=O)c1ccc(C)cc1. The highest BCUT2D eigenvalue weighted by Crippen LogP contribution is 2.33. The molecule has 0 radical (unpaired) electrons. The summed E-state index contributed by atoms with van der Waals surface area (Å²) in [6.07, 6.45) is 0.712. The summed E-state index contributed by atoms with van der Waals surface area (Å²) in [5.74, 6) is -1.12. The Morgan fingerprint density at radius 2 is 1.11 bits per heavy atom. The van der Waals surface area contributed by atoms with Crippen LogP contribution in [0, 0.1) is 19.8 Å². The van der Waals surface area contributed by atoms with Crippen LogP contribution in [0.1, 0.15) is 56.7 Å². The lowest BCUT2D eigenvalue weighted by atomic mass is 9.75. The second kappa shape index (κ2) is 8.79. The van der Waals surface area contributed by atoms with Gasteiger partial charge in [0.1, 0.15) is 0 Å². The summed E-state index contributed by atoms with van der Waals surface area (Å²) in [4.78, 5) is 27.0. The number of carbonyl (C=O) groups is 2. The third-order valence-corrected chi connectivity index (χ3v) is 5.31. The molecule has 0 heterocycles. The van der Waals surface area contributed by atoms with Gasteiger partial charge in [-0.25, -0.2) is 0 Å². The highest BCUT2D eigenvalue weighted by molar-refractivity contribution is 6.16. The zero-order valence-corrected chi connectivity index (χ0v) is 16.7. The molecule has 1 atom stereocenters. The Balaban J connectivity index is 2.06. The molecule has 0 amide bonds. The highest BCUT2D eigenvalue weighted by Gasteiger charge is 2.35. The summed E-state index contributed by atoms with van der Waals surface area (Å²) < 4.78 is 0. The fraction of sp³-hybridized carbons (Fsp3) is 0.231. The normalized spacial score (nSPS) is 12.0. The van der Waals surface area contributed by atoms with Gasteiger partial charge >= 0.3 is 0 Å². The van der Waals surface area contributed by atoms with Crippen molar-refractivity contribution >= 4 is 11.6 Å². The first-order valence-corrected chi connectivity index (χ1v) is 9.78. The van der Waals surface area contributed by atoms with Gasteiger partial charge < -0.3 is 0 Å². The van der Waals surface area contributed by atoms with Crippen molar-refractivity contribution in [2.24, 2.45) is 5.92 Å². The van der Waals surface area contributed by atoms with Crippen molar-refractivity contribution in [3.8, 4) is 0 Å². The number of Topliss-reactive ketones (excluding diaryl/α,β-unsaturated/α-hetero) is 2. The van der Waals surface area contributed by atoms with Gasteiger partial charge in [0.25, 0.3) is 0 Å². The van der Waals surface area contributed by atoms with E-state index in [1.54, 1.807) is 0 Å². The second-order valence-corrected chi connectivity index (χ2v) is 7.36. The van der Waals surface area contributed by atoms with E-state index in [1.165, 1.54) is 0 Å². The van der Waals surface area contributed by atoms with E-state index >= 15 is 0 Å². The van der Waals surface area contributed by atoms with E-state index in [1.807, 2.05) is 99.6 Å². The molecular weight excluding hydrogens is 344 g/mol. The second-order valence-electron chi connectivity index (χ2n) is 7.36. The van der Waals surface area contributed by atoms with Crippen molar-refractivity contribution in [1.82, 2.24) is 0 Å². The summed E-state index contributed by atoms with van der Waals surface area (Å²) in [5.41, 5.74) is 4.38. The van der Waals surface area contributed by atoms with Crippen LogP contribution in [0.4, 0.5) is 0 Å². The Kier molecular flexibility index (Phi) is 6.20. The minimum Gasteiger partial charge on any atom is -0.293 e. The number of hydrogen-bond acceptors (Lipinski definition) is 2. The lowest BCUT2D eigenvalue weighted by molar-refractivity contribution is 0.0780. The van der Waals surface area contributed by atoms with Crippen molar-refractivity contribution < 1.29 is 9.59 Å². The Morgan fingerprint density at radius 1 is 0.679 bits per heavy atom. The molecule has 3 aromatic carbocycles. The predicted octanol–water partition coefficient (Wildman–Crippen LogP) is 6.18. The topological polar surface area (TPSA) is 34.1 Å². The van der Waals surface area contributed by atoms with Crippen LogP contribution in [-0.4, -0.2) is 11.6 Å². The minimum atomic E-state index is -0.738. The van der Waals surface area contributed by atoms with Crippen LogP contribution in [0.5, 0.6) is 0 Å². The Morgan fingerprint density at radius 3 is 1.50 bits per heavy atom. The van der Waals surface area contributed by atoms with E-state index in [9.17, 15) is 9.59 Å². The Hall–Kier alpha value is -3.00. The van der Waals surface area contributed by atoms with E-state index in [4.69, 9.17) is 0 Å². The highest BCUT2D eigenvalue weighted by atomic mass is 16.2. The van der Waals surface area contributed by atoms with Gasteiger partial charge in [-0.15, -0.1) is 0 Å². The van der Waals surface area contributed by atoms with Crippen molar-refractivity contribution in [2.75, 3.05) is 0 Å². The van der Waals surface area contributed by atoms with E-state index in [0.717, 1.165) is 16.7 Å². The lowest BCUT2D eigenvalue weighted by Crippen LogP contribution is -2.30. The Bertz CT molecular complexity index is 880. The predicted molar refractivity (Wildman–Crippen MR) is 114 cm³/mol. The van der Waals surface area contributed by atoms with Gasteiger partial charge in [-0.05, 0) is 25.8 Å². The molecule has 142 valence electrons. The van der Waals surface area contributed by atoms with Crippen LogP contribution >= 0.6 is 0 Å². The first kappa shape index (κ1) is 19.8. The molecule has 2 nitrogen and oxygen atoms in total. The maximum absolute atomic E-state index is 13.5. The van der Waals surface area contributed by atoms with Crippen LogP contribution in [0.25, 0.3) is 0 Å². The largest absolute Gasteiger partial charge is 0.293 e. The monoisotopic (exact) mass is 370 g/mol. The van der Waals surface area contributed by atoms with Crippen molar-refractivity contribution in [2.45, 2.75) is 33.1 Å². The standard InChI is InChI=1S/C26H26O2/c1-4-23(20-8-6-5-7-9-20)24(25(27)21-14-10-18(2)11-15-21)26(28)22-16-12-19(3)13-17-22/h5-17,23-24H,4H2,1-3H3/t23-/m1/s1. The number of ketones is 2. The lowest BCUT2D eigenvalue weighted by Gasteiger charge is -2.25. The van der Waals surface area contributed by atoms with Crippen molar-refractivity contribution in [1.29, 1.82) is 0 Å². The van der Waals surface area contributed by atoms with Crippen LogP contribution in [-0.2, 0) is 0 Å². The molecule has 0 aliphatic carbocycles. The van der Waals surface area contributed by atoms with Crippen molar-refractivity contribution in [3.05, 3.63) is 107 Å². The molecule has 0 unspecified atom stereocenters. The smallest absolute Gasteiger partial charge is 0.174 e. The van der Waals surface area contributed by atoms with Gasteiger partial charge in [0.2, 0.25) is 0 Å². The third kappa shape index (κ3) is 4.28. The maximum atomic E-state index is 13.5. The van der Waals surface area contributed by atoms with Crippen LogP contribution in [0.2, 0.25) is 0 Å². The van der Waals surface area contributed by atoms with Gasteiger partial charge in [-0.3, -0.25) is 9.59 Å². The van der Waals surface area contributed by atoms with Gasteiger partial charge in [0.15, 0.2) is 11.6 Å². The average molecular weight is 370 g/mol. The number of rotatable bonds is 7. The molecule has 0 aromatic heterocycles. The van der Waals surface area contributed by atoms with E-state index in [-0.39, 0.29) is 17.5 Å². The van der Waals surface area contributed by atoms with E-state index in [2.05, 4.69) is 0 Å². The summed E-state index contributed by atoms with van der Waals surface area (Å²) in [6.45, 7) is 6.01. The number of benzene rings is 3. The average Bonchev–Trinajstić information content (AvgIpc) is 2.72. The molecule has 0 saturated carbocycles. The van der Waals surface area contributed by atoms with Crippen LogP contribution in [0.15, 0.2) is 78.9 Å². The van der Waals surface area contributed by atoms with E-state index < -0.39 is 5.92 Å². The molecule has 2 heteroatoms. The summed E-state index contributed by atoms with van der Waals surface area (Å²) in [7, 11) is 0. The number of hydrogen-bond donors (Lipinski definition) is 0. The molecule has 0 aliphatic heterocycles. The number of carbonyl (C=O) groups excluding carboxylic acids is 2. The zero-order chi connectivity index (χ0) is 20.1. The first-order chi connectivity index (χ1) is 13.5. The molecule has 0 N–H and O–H groups in total. The molecule has 3 aromatic rings. The molecule has 0 aliphatic rings. The molecule has 3 rings (SSSR count). The maximum Gasteiger partial charge on any atom is 0.174 e. The fourth-order valence-corrected chi connectivity index (χ4v) is 3.64. The molecule has 0 saturated heterocycles. The summed E-state index contributed by atoms with van der Waals surface area (Å²) >= 11 is 0. The van der Waals surface area contributed by atoms with Gasteiger partial charge in [-0.2, -0.15) is 0 Å². The van der Waals surface area contributed by atoms with Gasteiger partial charge in [-0.1, -0.05) is 96.9 Å². The fourth-order valence-electron chi connectivity index (χ4n) is 3.64. The number of aryl methyl sites for hydroxylation is 2. The van der Waals surface area contributed by atoms with Crippen molar-refractivity contribution in [3.63, 3.8) is 0 Å². The van der Waals surface area contributed by atoms with E-state index in [0.29, 0.717) is 17.5 Å². The molecule has 28 heavy (non-hydrogen) atoms. The Labute approximate surface area is 167 Å². The quantitative estimate of drug-likeness (QED) is 0.368. The molecule has 0 fully saturated rings. The van der Waals surface area contributed by atoms with Gasteiger partial charge in [0, 0.05) is 17.0 Å². The zero-order valence-electron chi connectivity index (χ0n) is 16.7. The van der Waals surface area contributed by atoms with Crippen LogP contribution < -0.4 is 0 Å². The molecule has 0 bridgehead atoms. The van der Waals surface area contributed by atoms with Crippen LogP contribution in [0.3, 0.4) is 0 Å². The van der Waals surface area contributed by atoms with Gasteiger partial charge in [0.05, 0.1) is 5.92 Å². The third-order valence-electron chi connectivity index (χ3n) is 5.31. The summed E-state index contributed by atoms with van der Waals surface area (Å²) in [6, 6.07) is 24.9. The first-order valence-electron chi connectivity index (χ1n) is 9.78. The molecule has 0 spiro atoms.